The molecular formula is C15H26N2OS. The SMILES string of the molecule is CCCC(C)(NCCOC)c1nc2c(s1)CCCC2. The molecule has 0 radical (unpaired) electrons. The molecule has 4 heteroatoms. The van der Waals surface area contributed by atoms with E-state index in [-0.39, 0.29) is 5.54 Å². The van der Waals surface area contributed by atoms with Crippen molar-refractivity contribution in [2.45, 2.75) is 57.9 Å². The van der Waals surface area contributed by atoms with Crippen LogP contribution in [0.2, 0.25) is 0 Å². The smallest absolute Gasteiger partial charge is 0.113 e. The molecule has 19 heavy (non-hydrogen) atoms. The molecule has 0 saturated carbocycles. The first-order valence-corrected chi connectivity index (χ1v) is 8.24. The van der Waals surface area contributed by atoms with Crippen molar-refractivity contribution in [2.75, 3.05) is 20.3 Å². The second-order valence-electron chi connectivity index (χ2n) is 5.60. The highest BCUT2D eigenvalue weighted by molar-refractivity contribution is 7.11. The molecule has 108 valence electrons. The Bertz CT molecular complexity index is 381. The third-order valence-electron chi connectivity index (χ3n) is 3.89. The van der Waals surface area contributed by atoms with Crippen molar-refractivity contribution in [2.24, 2.45) is 0 Å². The van der Waals surface area contributed by atoms with Crippen LogP contribution in [-0.4, -0.2) is 25.2 Å². The van der Waals surface area contributed by atoms with Crippen LogP contribution in [-0.2, 0) is 23.1 Å². The summed E-state index contributed by atoms with van der Waals surface area (Å²) in [5, 5.41) is 4.92. The van der Waals surface area contributed by atoms with Crippen LogP contribution in [0.1, 0.15) is 55.1 Å². The van der Waals surface area contributed by atoms with Gasteiger partial charge in [0, 0.05) is 18.5 Å². The minimum atomic E-state index is 0.00921. The highest BCUT2D eigenvalue weighted by atomic mass is 32.1. The third kappa shape index (κ3) is 3.56. The van der Waals surface area contributed by atoms with E-state index in [0.29, 0.717) is 0 Å². The van der Waals surface area contributed by atoms with Crippen molar-refractivity contribution in [3.05, 3.63) is 15.6 Å². The maximum atomic E-state index is 5.15. The van der Waals surface area contributed by atoms with E-state index >= 15 is 0 Å². The van der Waals surface area contributed by atoms with Gasteiger partial charge >= 0.3 is 0 Å². The van der Waals surface area contributed by atoms with Crippen LogP contribution in [0.15, 0.2) is 0 Å². The molecule has 0 spiro atoms. The molecule has 1 aromatic rings. The average molecular weight is 282 g/mol. The highest BCUT2D eigenvalue weighted by Crippen LogP contribution is 2.34. The van der Waals surface area contributed by atoms with Crippen LogP contribution in [0.3, 0.4) is 0 Å². The summed E-state index contributed by atoms with van der Waals surface area (Å²) in [4.78, 5) is 6.46. The van der Waals surface area contributed by atoms with Crippen molar-refractivity contribution >= 4 is 11.3 Å². The second kappa shape index (κ2) is 6.82. The van der Waals surface area contributed by atoms with Crippen molar-refractivity contribution < 1.29 is 4.74 Å². The molecule has 0 fully saturated rings. The number of rotatable bonds is 7. The standard InChI is InChI=1S/C15H26N2OS/c1-4-9-15(2,16-10-11-18-3)14-17-12-7-5-6-8-13(12)19-14/h16H,4-11H2,1-3H3. The molecule has 1 aromatic heterocycles. The van der Waals surface area contributed by atoms with E-state index in [0.717, 1.165) is 19.6 Å². The Morgan fingerprint density at radius 1 is 1.37 bits per heavy atom. The Balaban J connectivity index is 2.14. The number of fused-ring (bicyclic) bond motifs is 1. The first-order valence-electron chi connectivity index (χ1n) is 7.42. The molecule has 1 N–H and O–H groups in total. The summed E-state index contributed by atoms with van der Waals surface area (Å²) in [6.45, 7) is 6.17. The Hall–Kier alpha value is -0.450. The largest absolute Gasteiger partial charge is 0.383 e. The fourth-order valence-corrected chi connectivity index (χ4v) is 4.09. The summed E-state index contributed by atoms with van der Waals surface area (Å²) >= 11 is 1.93. The Kier molecular flexibility index (Phi) is 5.37. The van der Waals surface area contributed by atoms with Gasteiger partial charge in [-0.3, -0.25) is 0 Å². The molecule has 1 atom stereocenters. The van der Waals surface area contributed by atoms with Crippen molar-refractivity contribution in [3.8, 4) is 0 Å². The molecular weight excluding hydrogens is 256 g/mol. The fourth-order valence-electron chi connectivity index (χ4n) is 2.79. The van der Waals surface area contributed by atoms with E-state index < -0.39 is 0 Å². The summed E-state index contributed by atoms with van der Waals surface area (Å²) in [6, 6.07) is 0. The van der Waals surface area contributed by atoms with E-state index in [1.165, 1.54) is 47.7 Å². The predicted molar refractivity (Wildman–Crippen MR) is 80.9 cm³/mol. The van der Waals surface area contributed by atoms with Gasteiger partial charge in [-0.1, -0.05) is 13.3 Å². The lowest BCUT2D eigenvalue weighted by Crippen LogP contribution is -2.41. The second-order valence-corrected chi connectivity index (χ2v) is 6.68. The van der Waals surface area contributed by atoms with Crippen LogP contribution in [0.4, 0.5) is 0 Å². The Morgan fingerprint density at radius 2 is 2.16 bits per heavy atom. The number of aryl methyl sites for hydroxylation is 2. The van der Waals surface area contributed by atoms with Gasteiger partial charge in [-0.15, -0.1) is 11.3 Å². The maximum absolute atomic E-state index is 5.15. The zero-order chi connectivity index (χ0) is 13.7. The fraction of sp³-hybridized carbons (Fsp3) is 0.800. The predicted octanol–water partition coefficient (Wildman–Crippen LogP) is 3.27. The number of hydrogen-bond acceptors (Lipinski definition) is 4. The van der Waals surface area contributed by atoms with Gasteiger partial charge in [0.2, 0.25) is 0 Å². The molecule has 2 rings (SSSR count). The molecule has 1 aliphatic carbocycles. The number of aromatic nitrogens is 1. The molecule has 0 saturated heterocycles. The van der Waals surface area contributed by atoms with Crippen LogP contribution in [0.25, 0.3) is 0 Å². The quantitative estimate of drug-likeness (QED) is 0.779. The highest BCUT2D eigenvalue weighted by Gasteiger charge is 2.30. The Morgan fingerprint density at radius 3 is 2.84 bits per heavy atom. The van der Waals surface area contributed by atoms with Crippen molar-refractivity contribution in [1.82, 2.24) is 10.3 Å². The topological polar surface area (TPSA) is 34.1 Å². The lowest BCUT2D eigenvalue weighted by Gasteiger charge is -2.28. The van der Waals surface area contributed by atoms with Crippen LogP contribution < -0.4 is 5.32 Å². The number of nitrogens with zero attached hydrogens (tertiary/aromatic N) is 1. The molecule has 1 heterocycles. The first kappa shape index (κ1) is 14.9. The van der Waals surface area contributed by atoms with E-state index in [1.54, 1.807) is 7.11 Å². The maximum Gasteiger partial charge on any atom is 0.113 e. The number of ether oxygens (including phenoxy) is 1. The van der Waals surface area contributed by atoms with Gasteiger partial charge in [-0.2, -0.15) is 0 Å². The number of methoxy groups -OCH3 is 1. The van der Waals surface area contributed by atoms with Gasteiger partial charge in [0.25, 0.3) is 0 Å². The van der Waals surface area contributed by atoms with Crippen LogP contribution in [0, 0.1) is 0 Å². The molecule has 1 unspecified atom stereocenters. The molecule has 0 bridgehead atoms. The van der Waals surface area contributed by atoms with Crippen molar-refractivity contribution in [3.63, 3.8) is 0 Å². The molecule has 0 aromatic carbocycles. The van der Waals surface area contributed by atoms with Crippen LogP contribution in [0.5, 0.6) is 0 Å². The summed E-state index contributed by atoms with van der Waals surface area (Å²) in [5.41, 5.74) is 1.37. The van der Waals surface area contributed by atoms with Gasteiger partial charge < -0.3 is 10.1 Å². The third-order valence-corrected chi connectivity index (χ3v) is 5.31. The average Bonchev–Trinajstić information content (AvgIpc) is 2.84. The Labute approximate surface area is 120 Å². The van der Waals surface area contributed by atoms with Gasteiger partial charge in [-0.05, 0) is 39.0 Å². The number of thiazole rings is 1. The minimum absolute atomic E-state index is 0.00921. The summed E-state index contributed by atoms with van der Waals surface area (Å²) in [5.74, 6) is 0. The minimum Gasteiger partial charge on any atom is -0.383 e. The van der Waals surface area contributed by atoms with Crippen LogP contribution >= 0.6 is 11.3 Å². The number of hydrogen-bond donors (Lipinski definition) is 1. The van der Waals surface area contributed by atoms with E-state index in [4.69, 9.17) is 9.72 Å². The van der Waals surface area contributed by atoms with E-state index in [2.05, 4.69) is 19.2 Å². The summed E-state index contributed by atoms with van der Waals surface area (Å²) < 4.78 is 5.15. The lowest BCUT2D eigenvalue weighted by molar-refractivity contribution is 0.183. The first-order chi connectivity index (χ1) is 9.19. The van der Waals surface area contributed by atoms with Crippen molar-refractivity contribution in [1.29, 1.82) is 0 Å². The van der Waals surface area contributed by atoms with Gasteiger partial charge in [0.05, 0.1) is 17.8 Å². The summed E-state index contributed by atoms with van der Waals surface area (Å²) in [7, 11) is 1.75. The molecule has 0 amide bonds. The van der Waals surface area contributed by atoms with Gasteiger partial charge in [0.1, 0.15) is 5.01 Å². The normalized spacial score (nSPS) is 18.1. The van der Waals surface area contributed by atoms with E-state index in [1.807, 2.05) is 11.3 Å². The van der Waals surface area contributed by atoms with E-state index in [9.17, 15) is 0 Å². The summed E-state index contributed by atoms with van der Waals surface area (Å²) in [6.07, 6.45) is 7.33. The number of nitrogens with one attached hydrogen (secondary N) is 1. The molecule has 0 aliphatic heterocycles. The monoisotopic (exact) mass is 282 g/mol. The zero-order valence-corrected chi connectivity index (χ0v) is 13.2. The zero-order valence-electron chi connectivity index (χ0n) is 12.4. The molecule has 3 nitrogen and oxygen atoms in total. The van der Waals surface area contributed by atoms with Gasteiger partial charge in [-0.25, -0.2) is 4.98 Å². The van der Waals surface area contributed by atoms with Gasteiger partial charge in [0.15, 0.2) is 0 Å². The molecule has 1 aliphatic rings. The lowest BCUT2D eigenvalue weighted by atomic mass is 9.96.